The second kappa shape index (κ2) is 14.5. The zero-order chi connectivity index (χ0) is 20.7. The van der Waals surface area contributed by atoms with Gasteiger partial charge in [0.15, 0.2) is 0 Å². The predicted molar refractivity (Wildman–Crippen MR) is 118 cm³/mol. The van der Waals surface area contributed by atoms with Crippen LogP contribution in [0.2, 0.25) is 0 Å². The fourth-order valence-electron chi connectivity index (χ4n) is 3.16. The van der Waals surface area contributed by atoms with Crippen molar-refractivity contribution in [2.75, 3.05) is 26.3 Å². The van der Waals surface area contributed by atoms with Crippen molar-refractivity contribution in [3.8, 4) is 5.75 Å². The van der Waals surface area contributed by atoms with Crippen LogP contribution in [0.1, 0.15) is 60.6 Å². The van der Waals surface area contributed by atoms with Crippen molar-refractivity contribution in [3.05, 3.63) is 51.7 Å². The van der Waals surface area contributed by atoms with Crippen molar-refractivity contribution in [1.29, 1.82) is 0 Å². The molecule has 162 valence electrons. The quantitative estimate of drug-likeness (QED) is 0.306. The largest absolute Gasteiger partial charge is 0.508 e. The number of thiophene rings is 1. The molecule has 1 unspecified atom stereocenters. The third-order valence-electron chi connectivity index (χ3n) is 4.93. The van der Waals surface area contributed by atoms with Crippen LogP contribution in [0, 0.1) is 0 Å². The Morgan fingerprint density at radius 1 is 1.00 bits per heavy atom. The summed E-state index contributed by atoms with van der Waals surface area (Å²) in [6.45, 7) is 2.80. The topological polar surface area (TPSA) is 82.0 Å². The zero-order valence-corrected chi connectivity index (χ0v) is 18.0. The second-order valence-corrected chi connectivity index (χ2v) is 8.36. The minimum Gasteiger partial charge on any atom is -0.508 e. The van der Waals surface area contributed by atoms with E-state index in [2.05, 4.69) is 22.8 Å². The molecule has 0 bridgehead atoms. The molecule has 0 aliphatic rings. The molecule has 0 aliphatic heterocycles. The number of aliphatic hydroxyl groups excluding tert-OH is 2. The van der Waals surface area contributed by atoms with Gasteiger partial charge in [0.1, 0.15) is 5.75 Å². The highest BCUT2D eigenvalue weighted by Crippen LogP contribution is 2.22. The van der Waals surface area contributed by atoms with E-state index in [4.69, 9.17) is 4.74 Å². The Labute approximate surface area is 178 Å². The molecule has 2 rings (SSSR count). The van der Waals surface area contributed by atoms with E-state index in [9.17, 15) is 15.3 Å². The summed E-state index contributed by atoms with van der Waals surface area (Å²) in [6.07, 6.45) is 7.34. The van der Waals surface area contributed by atoms with Crippen LogP contribution in [0.15, 0.2) is 35.7 Å². The summed E-state index contributed by atoms with van der Waals surface area (Å²) in [7, 11) is 0. The third kappa shape index (κ3) is 9.74. The first-order valence-corrected chi connectivity index (χ1v) is 11.5. The third-order valence-corrected chi connectivity index (χ3v) is 5.87. The summed E-state index contributed by atoms with van der Waals surface area (Å²) in [6, 6.07) is 9.14. The molecule has 0 saturated carbocycles. The highest BCUT2D eigenvalue weighted by atomic mass is 32.1. The molecule has 0 radical (unpaired) electrons. The number of phenols is 1. The van der Waals surface area contributed by atoms with E-state index in [-0.39, 0.29) is 12.4 Å². The standard InChI is InChI=1S/C23H35NO4S/c25-18-20-16-19(10-11-22(20)26)23(27)17-24-12-4-1-2-5-13-28-14-6-3-8-21-9-7-15-29-21/h7,9-11,15-16,23-27H,1-6,8,12-14,17-18H2. The molecule has 5 nitrogen and oxygen atoms in total. The maximum atomic E-state index is 10.2. The summed E-state index contributed by atoms with van der Waals surface area (Å²) < 4.78 is 5.71. The minimum absolute atomic E-state index is 0.0544. The van der Waals surface area contributed by atoms with E-state index in [0.29, 0.717) is 17.7 Å². The van der Waals surface area contributed by atoms with Gasteiger partial charge in [0, 0.05) is 30.2 Å². The first-order chi connectivity index (χ1) is 14.2. The van der Waals surface area contributed by atoms with Gasteiger partial charge < -0.3 is 25.4 Å². The number of aliphatic hydroxyl groups is 2. The molecule has 1 heterocycles. The van der Waals surface area contributed by atoms with E-state index in [1.807, 2.05) is 11.3 Å². The number of nitrogens with one attached hydrogen (secondary N) is 1. The van der Waals surface area contributed by atoms with Crippen LogP contribution >= 0.6 is 11.3 Å². The van der Waals surface area contributed by atoms with E-state index in [0.717, 1.165) is 58.3 Å². The fraction of sp³-hybridized carbons (Fsp3) is 0.565. The lowest BCUT2D eigenvalue weighted by Gasteiger charge is -2.14. The van der Waals surface area contributed by atoms with E-state index >= 15 is 0 Å². The number of rotatable bonds is 16. The first kappa shape index (κ1) is 23.8. The average Bonchev–Trinajstić information content (AvgIpc) is 3.25. The highest BCUT2D eigenvalue weighted by molar-refractivity contribution is 7.09. The van der Waals surface area contributed by atoms with Gasteiger partial charge in [-0.1, -0.05) is 25.0 Å². The van der Waals surface area contributed by atoms with Gasteiger partial charge in [-0.2, -0.15) is 0 Å². The van der Waals surface area contributed by atoms with E-state index in [1.165, 1.54) is 17.4 Å². The van der Waals surface area contributed by atoms with Crippen molar-refractivity contribution in [1.82, 2.24) is 5.32 Å². The lowest BCUT2D eigenvalue weighted by Crippen LogP contribution is -2.22. The van der Waals surface area contributed by atoms with Crippen molar-refractivity contribution < 1.29 is 20.1 Å². The van der Waals surface area contributed by atoms with Gasteiger partial charge in [0.2, 0.25) is 0 Å². The lowest BCUT2D eigenvalue weighted by atomic mass is 10.1. The molecule has 29 heavy (non-hydrogen) atoms. The summed E-state index contributed by atoms with van der Waals surface area (Å²) in [4.78, 5) is 1.46. The minimum atomic E-state index is -0.644. The van der Waals surface area contributed by atoms with Crippen LogP contribution < -0.4 is 5.32 Å². The number of hydrogen-bond donors (Lipinski definition) is 4. The van der Waals surface area contributed by atoms with Gasteiger partial charge >= 0.3 is 0 Å². The molecule has 0 fully saturated rings. The van der Waals surface area contributed by atoms with Gasteiger partial charge in [-0.25, -0.2) is 0 Å². The molecule has 0 spiro atoms. The molecular formula is C23H35NO4S. The van der Waals surface area contributed by atoms with Gasteiger partial charge in [0.25, 0.3) is 0 Å². The highest BCUT2D eigenvalue weighted by Gasteiger charge is 2.09. The van der Waals surface area contributed by atoms with Gasteiger partial charge in [-0.15, -0.1) is 11.3 Å². The number of benzene rings is 1. The monoisotopic (exact) mass is 421 g/mol. The van der Waals surface area contributed by atoms with Gasteiger partial charge in [-0.05, 0) is 67.8 Å². The second-order valence-electron chi connectivity index (χ2n) is 7.33. The van der Waals surface area contributed by atoms with Crippen molar-refractivity contribution >= 4 is 11.3 Å². The maximum absolute atomic E-state index is 10.2. The lowest BCUT2D eigenvalue weighted by molar-refractivity contribution is 0.126. The van der Waals surface area contributed by atoms with E-state index < -0.39 is 6.10 Å². The Bertz CT molecular complexity index is 663. The molecule has 4 N–H and O–H groups in total. The number of aryl methyl sites for hydroxylation is 1. The molecule has 0 amide bonds. The molecular weight excluding hydrogens is 386 g/mol. The molecule has 6 heteroatoms. The summed E-state index contributed by atoms with van der Waals surface area (Å²) >= 11 is 1.83. The van der Waals surface area contributed by atoms with E-state index in [1.54, 1.807) is 12.1 Å². The molecule has 1 atom stereocenters. The molecule has 0 saturated heterocycles. The van der Waals surface area contributed by atoms with Gasteiger partial charge in [0.05, 0.1) is 12.7 Å². The molecule has 1 aromatic carbocycles. The molecule has 0 aliphatic carbocycles. The smallest absolute Gasteiger partial charge is 0.121 e. The summed E-state index contributed by atoms with van der Waals surface area (Å²) in [5.41, 5.74) is 1.14. The Kier molecular flexibility index (Phi) is 11.9. The average molecular weight is 422 g/mol. The summed E-state index contributed by atoms with van der Waals surface area (Å²) in [5, 5.41) is 34.4. The Hall–Kier alpha value is -1.44. The molecule has 1 aromatic heterocycles. The molecule has 2 aromatic rings. The first-order valence-electron chi connectivity index (χ1n) is 10.6. The van der Waals surface area contributed by atoms with Crippen molar-refractivity contribution in [2.45, 2.75) is 57.7 Å². The normalized spacial score (nSPS) is 12.3. The number of aromatic hydroxyl groups is 1. The van der Waals surface area contributed by atoms with Crippen LogP contribution in [0.5, 0.6) is 5.75 Å². The predicted octanol–water partition coefficient (Wildman–Crippen LogP) is 4.17. The summed E-state index contributed by atoms with van der Waals surface area (Å²) in [5.74, 6) is 0.0544. The Morgan fingerprint density at radius 3 is 2.55 bits per heavy atom. The Morgan fingerprint density at radius 2 is 1.79 bits per heavy atom. The SMILES string of the molecule is OCc1cc(C(O)CNCCCCCCOCCCCc2cccs2)ccc1O. The van der Waals surface area contributed by atoms with Crippen LogP contribution in [-0.2, 0) is 17.8 Å². The zero-order valence-electron chi connectivity index (χ0n) is 17.2. The maximum Gasteiger partial charge on any atom is 0.121 e. The van der Waals surface area contributed by atoms with Crippen molar-refractivity contribution in [2.24, 2.45) is 0 Å². The van der Waals surface area contributed by atoms with Crippen molar-refractivity contribution in [3.63, 3.8) is 0 Å². The number of ether oxygens (including phenoxy) is 1. The number of hydrogen-bond acceptors (Lipinski definition) is 6. The van der Waals surface area contributed by atoms with Crippen LogP contribution in [0.25, 0.3) is 0 Å². The fourth-order valence-corrected chi connectivity index (χ4v) is 3.92. The Balaban J connectivity index is 1.38. The van der Waals surface area contributed by atoms with Crippen LogP contribution in [0.3, 0.4) is 0 Å². The van der Waals surface area contributed by atoms with Gasteiger partial charge in [-0.3, -0.25) is 0 Å². The van der Waals surface area contributed by atoms with Crippen LogP contribution in [-0.4, -0.2) is 41.6 Å². The van der Waals surface area contributed by atoms with Crippen LogP contribution in [0.4, 0.5) is 0 Å². The number of unbranched alkanes of at least 4 members (excludes halogenated alkanes) is 4.